The number of hydrogen-bond acceptors (Lipinski definition) is 2. The van der Waals surface area contributed by atoms with Crippen LogP contribution in [-0.4, -0.2) is 17.2 Å². The highest BCUT2D eigenvalue weighted by molar-refractivity contribution is 9.11. The lowest BCUT2D eigenvalue weighted by atomic mass is 10.2. The first-order valence-electron chi connectivity index (χ1n) is 4.95. The van der Waals surface area contributed by atoms with E-state index in [1.807, 2.05) is 6.20 Å². The van der Waals surface area contributed by atoms with Gasteiger partial charge < -0.3 is 9.88 Å². The molecular weight excluding hydrogens is 324 g/mol. The van der Waals surface area contributed by atoms with Crippen molar-refractivity contribution in [2.24, 2.45) is 0 Å². The standard InChI is InChI=1S/C10H12Br2N2O/c11-7-4-9(12)10(15)14(5-7)6-8-2-1-3-13-8/h4-5,8,13H,1-3,6H2/t8-/m1/s1. The third-order valence-corrected chi connectivity index (χ3v) is 3.59. The molecule has 1 aliphatic heterocycles. The van der Waals surface area contributed by atoms with Crippen molar-refractivity contribution in [2.75, 3.05) is 6.54 Å². The van der Waals surface area contributed by atoms with Crippen molar-refractivity contribution in [3.63, 3.8) is 0 Å². The molecule has 2 heterocycles. The van der Waals surface area contributed by atoms with Crippen LogP contribution >= 0.6 is 31.9 Å². The Morgan fingerprint density at radius 2 is 2.33 bits per heavy atom. The third-order valence-electron chi connectivity index (χ3n) is 2.59. The fourth-order valence-electron chi connectivity index (χ4n) is 1.85. The van der Waals surface area contributed by atoms with Crippen LogP contribution in [0, 0.1) is 0 Å². The van der Waals surface area contributed by atoms with Gasteiger partial charge in [0.15, 0.2) is 0 Å². The molecule has 15 heavy (non-hydrogen) atoms. The molecule has 0 aliphatic carbocycles. The lowest BCUT2D eigenvalue weighted by Crippen LogP contribution is -2.32. The molecule has 2 rings (SSSR count). The lowest BCUT2D eigenvalue weighted by molar-refractivity contribution is 0.498. The normalized spacial score (nSPS) is 20.8. The number of nitrogens with zero attached hydrogens (tertiary/aromatic N) is 1. The fourth-order valence-corrected chi connectivity index (χ4v) is 3.11. The number of hydrogen-bond donors (Lipinski definition) is 1. The van der Waals surface area contributed by atoms with Crippen LogP contribution in [0.25, 0.3) is 0 Å². The van der Waals surface area contributed by atoms with Crippen LogP contribution in [0.15, 0.2) is 26.0 Å². The minimum atomic E-state index is 0.0342. The Morgan fingerprint density at radius 1 is 1.53 bits per heavy atom. The largest absolute Gasteiger partial charge is 0.312 e. The van der Waals surface area contributed by atoms with Gasteiger partial charge in [-0.25, -0.2) is 0 Å². The maximum Gasteiger partial charge on any atom is 0.264 e. The van der Waals surface area contributed by atoms with Gasteiger partial charge in [-0.3, -0.25) is 4.79 Å². The molecule has 1 aromatic rings. The van der Waals surface area contributed by atoms with Crippen molar-refractivity contribution in [3.8, 4) is 0 Å². The van der Waals surface area contributed by atoms with Gasteiger partial charge in [-0.05, 0) is 57.3 Å². The molecule has 1 N–H and O–H groups in total. The first-order chi connectivity index (χ1) is 7.16. The van der Waals surface area contributed by atoms with Crippen molar-refractivity contribution in [1.82, 2.24) is 9.88 Å². The van der Waals surface area contributed by atoms with E-state index in [4.69, 9.17) is 0 Å². The molecular formula is C10H12Br2N2O. The second-order valence-electron chi connectivity index (χ2n) is 3.76. The van der Waals surface area contributed by atoms with Crippen LogP contribution in [0.1, 0.15) is 12.8 Å². The average molecular weight is 336 g/mol. The van der Waals surface area contributed by atoms with Crippen LogP contribution in [0.3, 0.4) is 0 Å². The Hall–Kier alpha value is -0.130. The van der Waals surface area contributed by atoms with Crippen molar-refractivity contribution in [1.29, 1.82) is 0 Å². The summed E-state index contributed by atoms with van der Waals surface area (Å²) in [5.74, 6) is 0. The van der Waals surface area contributed by atoms with Crippen LogP contribution in [0.5, 0.6) is 0 Å². The van der Waals surface area contributed by atoms with E-state index in [0.717, 1.165) is 24.0 Å². The van der Waals surface area contributed by atoms with Crippen LogP contribution in [0.4, 0.5) is 0 Å². The van der Waals surface area contributed by atoms with Crippen molar-refractivity contribution in [2.45, 2.75) is 25.4 Å². The zero-order valence-corrected chi connectivity index (χ0v) is 11.3. The Bertz CT molecular complexity index is 410. The van der Waals surface area contributed by atoms with Crippen LogP contribution in [0.2, 0.25) is 0 Å². The third kappa shape index (κ3) is 2.71. The second kappa shape index (κ2) is 4.80. The van der Waals surface area contributed by atoms with Gasteiger partial charge in [0.1, 0.15) is 0 Å². The molecule has 1 saturated heterocycles. The predicted molar refractivity (Wildman–Crippen MR) is 67.1 cm³/mol. The quantitative estimate of drug-likeness (QED) is 0.898. The molecule has 0 spiro atoms. The number of pyridine rings is 1. The molecule has 1 fully saturated rings. The first kappa shape index (κ1) is 11.4. The summed E-state index contributed by atoms with van der Waals surface area (Å²) in [5, 5.41) is 3.38. The first-order valence-corrected chi connectivity index (χ1v) is 6.54. The van der Waals surface area contributed by atoms with Crippen molar-refractivity contribution < 1.29 is 0 Å². The van der Waals surface area contributed by atoms with E-state index in [2.05, 4.69) is 37.2 Å². The number of rotatable bonds is 2. The van der Waals surface area contributed by atoms with Crippen LogP contribution < -0.4 is 10.9 Å². The molecule has 0 radical (unpaired) electrons. The van der Waals surface area contributed by atoms with Gasteiger partial charge in [-0.2, -0.15) is 0 Å². The smallest absolute Gasteiger partial charge is 0.264 e. The zero-order chi connectivity index (χ0) is 10.8. The Kier molecular flexibility index (Phi) is 3.64. The van der Waals surface area contributed by atoms with E-state index in [-0.39, 0.29) is 5.56 Å². The van der Waals surface area contributed by atoms with Gasteiger partial charge in [0.2, 0.25) is 0 Å². The van der Waals surface area contributed by atoms with Crippen LogP contribution in [-0.2, 0) is 6.54 Å². The molecule has 1 atom stereocenters. The van der Waals surface area contributed by atoms with Crippen molar-refractivity contribution >= 4 is 31.9 Å². The number of nitrogens with one attached hydrogen (secondary N) is 1. The minimum absolute atomic E-state index is 0.0342. The molecule has 1 aliphatic rings. The van der Waals surface area contributed by atoms with E-state index in [0.29, 0.717) is 10.5 Å². The van der Waals surface area contributed by atoms with Gasteiger partial charge >= 0.3 is 0 Å². The van der Waals surface area contributed by atoms with Gasteiger partial charge in [-0.15, -0.1) is 0 Å². The maximum atomic E-state index is 11.8. The van der Waals surface area contributed by atoms with Gasteiger partial charge in [-0.1, -0.05) is 0 Å². The molecule has 0 unspecified atom stereocenters. The molecule has 1 aromatic heterocycles. The molecule has 0 bridgehead atoms. The van der Waals surface area contributed by atoms with E-state index in [1.54, 1.807) is 10.6 Å². The summed E-state index contributed by atoms with van der Waals surface area (Å²) in [7, 11) is 0. The molecule has 0 aromatic carbocycles. The number of halogens is 2. The highest BCUT2D eigenvalue weighted by Crippen LogP contribution is 2.14. The van der Waals surface area contributed by atoms with Gasteiger partial charge in [0, 0.05) is 23.3 Å². The lowest BCUT2D eigenvalue weighted by Gasteiger charge is -2.13. The summed E-state index contributed by atoms with van der Waals surface area (Å²) in [6.07, 6.45) is 4.19. The molecule has 5 heteroatoms. The van der Waals surface area contributed by atoms with Gasteiger partial charge in [0.05, 0.1) is 4.47 Å². The van der Waals surface area contributed by atoms with E-state index < -0.39 is 0 Å². The highest BCUT2D eigenvalue weighted by atomic mass is 79.9. The summed E-state index contributed by atoms with van der Waals surface area (Å²) in [5.41, 5.74) is 0.0342. The van der Waals surface area contributed by atoms with E-state index in [1.165, 1.54) is 6.42 Å². The Balaban J connectivity index is 2.23. The molecule has 0 saturated carbocycles. The topological polar surface area (TPSA) is 34.0 Å². The average Bonchev–Trinajstić information content (AvgIpc) is 2.66. The number of aromatic nitrogens is 1. The Morgan fingerprint density at radius 3 is 3.00 bits per heavy atom. The second-order valence-corrected chi connectivity index (χ2v) is 5.53. The molecule has 82 valence electrons. The zero-order valence-electron chi connectivity index (χ0n) is 8.17. The summed E-state index contributed by atoms with van der Waals surface area (Å²) in [4.78, 5) is 11.8. The monoisotopic (exact) mass is 334 g/mol. The fraction of sp³-hybridized carbons (Fsp3) is 0.500. The summed E-state index contributed by atoms with van der Waals surface area (Å²) < 4.78 is 3.28. The highest BCUT2D eigenvalue weighted by Gasteiger charge is 2.15. The predicted octanol–water partition coefficient (Wildman–Crippen LogP) is 2.13. The minimum Gasteiger partial charge on any atom is -0.312 e. The van der Waals surface area contributed by atoms with Gasteiger partial charge in [0.25, 0.3) is 5.56 Å². The Labute approximate surface area is 105 Å². The SMILES string of the molecule is O=c1c(Br)cc(Br)cn1C[C@H]1CCCN1. The summed E-state index contributed by atoms with van der Waals surface area (Å²) in [6.45, 7) is 1.81. The molecule has 0 amide bonds. The summed E-state index contributed by atoms with van der Waals surface area (Å²) in [6, 6.07) is 2.21. The van der Waals surface area contributed by atoms with E-state index >= 15 is 0 Å². The van der Waals surface area contributed by atoms with E-state index in [9.17, 15) is 4.79 Å². The van der Waals surface area contributed by atoms with Crippen molar-refractivity contribution in [3.05, 3.63) is 31.6 Å². The maximum absolute atomic E-state index is 11.8. The molecule has 3 nitrogen and oxygen atoms in total. The summed E-state index contributed by atoms with van der Waals surface area (Å²) >= 11 is 6.65.